The quantitative estimate of drug-likeness (QED) is 0.447. The highest BCUT2D eigenvalue weighted by Gasteiger charge is 2.34. The standard InChI is InChI=1S/C29H30BrN5O3/c1-17-5-7-23(18(2)13-17)29(38)34-11-9-33(10-12-34)16-21-14-26(31-25-15-22(30)6-8-24(21)25)32-35-27(36)19(3)20(4)28(35)37/h5-8,13-15H,9-12,16H2,1-4H3,(H,31,32). The molecule has 2 aliphatic heterocycles. The summed E-state index contributed by atoms with van der Waals surface area (Å²) in [6, 6.07) is 13.8. The van der Waals surface area contributed by atoms with E-state index in [0.29, 0.717) is 36.6 Å². The van der Waals surface area contributed by atoms with Crippen molar-refractivity contribution in [2.24, 2.45) is 0 Å². The van der Waals surface area contributed by atoms with E-state index in [9.17, 15) is 14.4 Å². The molecule has 0 aliphatic carbocycles. The lowest BCUT2D eigenvalue weighted by atomic mass is 10.0. The number of nitrogens with one attached hydrogen (secondary N) is 1. The van der Waals surface area contributed by atoms with Gasteiger partial charge in [-0.25, -0.2) is 4.98 Å². The SMILES string of the molecule is CC1=C(C)C(=O)N(Nc2cc(CN3CCN(C(=O)c4ccc(C)cc4C)CC3)c3ccc(Br)cc3n2)C1=O. The molecule has 2 aromatic carbocycles. The first-order valence-corrected chi connectivity index (χ1v) is 13.4. The van der Waals surface area contributed by atoms with E-state index in [1.807, 2.05) is 61.2 Å². The molecule has 3 amide bonds. The predicted molar refractivity (Wildman–Crippen MR) is 150 cm³/mol. The third-order valence-electron chi connectivity index (χ3n) is 7.36. The van der Waals surface area contributed by atoms with E-state index in [0.717, 1.165) is 55.7 Å². The highest BCUT2D eigenvalue weighted by molar-refractivity contribution is 9.10. The van der Waals surface area contributed by atoms with E-state index < -0.39 is 0 Å². The highest BCUT2D eigenvalue weighted by Crippen LogP contribution is 2.28. The van der Waals surface area contributed by atoms with Gasteiger partial charge in [0.15, 0.2) is 0 Å². The number of rotatable bonds is 5. The van der Waals surface area contributed by atoms with E-state index in [1.165, 1.54) is 0 Å². The number of hydrogen-bond acceptors (Lipinski definition) is 6. The zero-order chi connectivity index (χ0) is 27.1. The minimum atomic E-state index is -0.366. The summed E-state index contributed by atoms with van der Waals surface area (Å²) in [5, 5.41) is 2.02. The van der Waals surface area contributed by atoms with Crippen LogP contribution in [-0.4, -0.2) is 63.7 Å². The van der Waals surface area contributed by atoms with Gasteiger partial charge in [0.05, 0.1) is 5.52 Å². The van der Waals surface area contributed by atoms with Gasteiger partial charge in [-0.15, -0.1) is 0 Å². The summed E-state index contributed by atoms with van der Waals surface area (Å²) in [5.41, 5.74) is 8.49. The second-order valence-corrected chi connectivity index (χ2v) is 10.9. The normalized spacial score (nSPS) is 16.7. The van der Waals surface area contributed by atoms with Gasteiger partial charge in [-0.2, -0.15) is 5.01 Å². The Morgan fingerprint density at radius 3 is 2.26 bits per heavy atom. The summed E-state index contributed by atoms with van der Waals surface area (Å²) in [6.45, 7) is 10.7. The molecule has 1 aromatic heterocycles. The fraction of sp³-hybridized carbons (Fsp3) is 0.310. The first-order valence-electron chi connectivity index (χ1n) is 12.6. The number of hydrogen-bond donors (Lipinski definition) is 1. The smallest absolute Gasteiger partial charge is 0.275 e. The van der Waals surface area contributed by atoms with Crippen LogP contribution in [0.15, 0.2) is 58.1 Å². The average Bonchev–Trinajstić information content (AvgIpc) is 3.06. The first kappa shape index (κ1) is 26.1. The van der Waals surface area contributed by atoms with Crippen molar-refractivity contribution in [2.45, 2.75) is 34.2 Å². The molecule has 1 N–H and O–H groups in total. The molecule has 3 aromatic rings. The molecule has 1 saturated heterocycles. The Hall–Kier alpha value is -3.56. The largest absolute Gasteiger partial charge is 0.336 e. The van der Waals surface area contributed by atoms with Crippen molar-refractivity contribution in [3.05, 3.63) is 80.3 Å². The zero-order valence-corrected chi connectivity index (χ0v) is 23.6. The van der Waals surface area contributed by atoms with Crippen molar-refractivity contribution in [1.82, 2.24) is 19.8 Å². The lowest BCUT2D eigenvalue weighted by Gasteiger charge is -2.35. The van der Waals surface area contributed by atoms with Gasteiger partial charge >= 0.3 is 0 Å². The Morgan fingerprint density at radius 1 is 0.921 bits per heavy atom. The second kappa shape index (κ2) is 10.3. The number of imide groups is 1. The average molecular weight is 576 g/mol. The van der Waals surface area contributed by atoms with E-state index in [-0.39, 0.29) is 17.7 Å². The van der Waals surface area contributed by atoms with Gasteiger partial charge in [-0.1, -0.05) is 39.7 Å². The number of anilines is 1. The predicted octanol–water partition coefficient (Wildman–Crippen LogP) is 4.60. The molecule has 3 heterocycles. The zero-order valence-electron chi connectivity index (χ0n) is 22.0. The van der Waals surface area contributed by atoms with Gasteiger partial charge in [0.25, 0.3) is 17.7 Å². The van der Waals surface area contributed by atoms with Gasteiger partial charge in [-0.05, 0) is 63.1 Å². The third-order valence-corrected chi connectivity index (χ3v) is 7.85. The van der Waals surface area contributed by atoms with Gasteiger partial charge in [-0.3, -0.25) is 24.7 Å². The number of fused-ring (bicyclic) bond motifs is 1. The fourth-order valence-corrected chi connectivity index (χ4v) is 5.35. The Kier molecular flexibility index (Phi) is 7.07. The third kappa shape index (κ3) is 4.96. The lowest BCUT2D eigenvalue weighted by Crippen LogP contribution is -2.48. The molecule has 1 fully saturated rings. The minimum absolute atomic E-state index is 0.0759. The fourth-order valence-electron chi connectivity index (χ4n) is 5.00. The number of carbonyl (C=O) groups excluding carboxylic acids is 3. The van der Waals surface area contributed by atoms with Crippen LogP contribution in [0.5, 0.6) is 0 Å². The van der Waals surface area contributed by atoms with Crippen LogP contribution in [0.1, 0.15) is 40.9 Å². The number of pyridine rings is 1. The molecule has 2 aliphatic rings. The number of halogens is 1. The number of carbonyl (C=O) groups is 3. The van der Waals surface area contributed by atoms with Gasteiger partial charge < -0.3 is 4.90 Å². The molecule has 0 saturated carbocycles. The summed E-state index contributed by atoms with van der Waals surface area (Å²) in [6.07, 6.45) is 0. The monoisotopic (exact) mass is 575 g/mol. The molecule has 0 bridgehead atoms. The summed E-state index contributed by atoms with van der Waals surface area (Å²) in [5.74, 6) is -0.227. The van der Waals surface area contributed by atoms with Crippen LogP contribution in [0, 0.1) is 13.8 Å². The molecule has 196 valence electrons. The van der Waals surface area contributed by atoms with Crippen LogP contribution in [-0.2, 0) is 16.1 Å². The molecule has 8 nitrogen and oxygen atoms in total. The van der Waals surface area contributed by atoms with E-state index >= 15 is 0 Å². The molecule has 38 heavy (non-hydrogen) atoms. The molecule has 5 rings (SSSR count). The first-order chi connectivity index (χ1) is 18.1. The minimum Gasteiger partial charge on any atom is -0.336 e. The molecule has 0 unspecified atom stereocenters. The van der Waals surface area contributed by atoms with Gasteiger partial charge in [0, 0.05) is 59.3 Å². The van der Waals surface area contributed by atoms with Crippen LogP contribution in [0.4, 0.5) is 5.82 Å². The summed E-state index contributed by atoms with van der Waals surface area (Å²) < 4.78 is 0.890. The number of hydrazine groups is 1. The molecule has 9 heteroatoms. The van der Waals surface area contributed by atoms with Gasteiger partial charge in [0.2, 0.25) is 0 Å². The molecular formula is C29H30BrN5O3. The molecule has 0 spiro atoms. The van der Waals surface area contributed by atoms with Crippen molar-refractivity contribution in [1.29, 1.82) is 0 Å². The van der Waals surface area contributed by atoms with Crippen molar-refractivity contribution in [3.63, 3.8) is 0 Å². The van der Waals surface area contributed by atoms with Crippen LogP contribution in [0.2, 0.25) is 0 Å². The Labute approximate surface area is 230 Å². The number of piperazine rings is 1. The Bertz CT molecular complexity index is 1480. The van der Waals surface area contributed by atoms with Crippen LogP contribution < -0.4 is 5.43 Å². The van der Waals surface area contributed by atoms with E-state index in [4.69, 9.17) is 0 Å². The number of benzene rings is 2. The number of nitrogens with zero attached hydrogens (tertiary/aromatic N) is 4. The number of amides is 3. The van der Waals surface area contributed by atoms with E-state index in [1.54, 1.807) is 13.8 Å². The Balaban J connectivity index is 1.33. The molecule has 0 atom stereocenters. The molecular weight excluding hydrogens is 546 g/mol. The summed E-state index contributed by atoms with van der Waals surface area (Å²) in [7, 11) is 0. The maximum atomic E-state index is 13.1. The maximum absolute atomic E-state index is 13.1. The number of aryl methyl sites for hydroxylation is 2. The summed E-state index contributed by atoms with van der Waals surface area (Å²) in [4.78, 5) is 47.2. The summed E-state index contributed by atoms with van der Waals surface area (Å²) >= 11 is 3.52. The van der Waals surface area contributed by atoms with Crippen molar-refractivity contribution < 1.29 is 14.4 Å². The van der Waals surface area contributed by atoms with Crippen LogP contribution in [0.25, 0.3) is 10.9 Å². The van der Waals surface area contributed by atoms with Crippen LogP contribution >= 0.6 is 15.9 Å². The lowest BCUT2D eigenvalue weighted by molar-refractivity contribution is -0.135. The highest BCUT2D eigenvalue weighted by atomic mass is 79.9. The number of aromatic nitrogens is 1. The van der Waals surface area contributed by atoms with Crippen molar-refractivity contribution in [2.75, 3.05) is 31.6 Å². The van der Waals surface area contributed by atoms with E-state index in [2.05, 4.69) is 31.2 Å². The second-order valence-electron chi connectivity index (χ2n) is 10.0. The van der Waals surface area contributed by atoms with Crippen molar-refractivity contribution in [3.8, 4) is 0 Å². The Morgan fingerprint density at radius 2 is 1.61 bits per heavy atom. The van der Waals surface area contributed by atoms with Crippen molar-refractivity contribution >= 4 is 50.4 Å². The maximum Gasteiger partial charge on any atom is 0.275 e. The van der Waals surface area contributed by atoms with Gasteiger partial charge in [0.1, 0.15) is 5.82 Å². The topological polar surface area (TPSA) is 85.8 Å². The van der Waals surface area contributed by atoms with Crippen LogP contribution in [0.3, 0.4) is 0 Å². The molecule has 0 radical (unpaired) electrons.